The van der Waals surface area contributed by atoms with E-state index in [1.165, 1.54) is 26.0 Å². The average molecular weight is 1090 g/mol. The number of fused-ring (bicyclic) bond motifs is 5. The molecule has 1 saturated heterocycles. The number of rotatable bonds is 16. The fraction of sp³-hybridized carbons (Fsp3) is 0.365. The first-order chi connectivity index (χ1) is 38.1. The minimum absolute atomic E-state index is 0.0272. The fourth-order valence-corrected chi connectivity index (χ4v) is 12.4. The molecular weight excluding hydrogens is 1030 g/mol. The van der Waals surface area contributed by atoms with Gasteiger partial charge in [0.25, 0.3) is 5.91 Å². The fourth-order valence-electron chi connectivity index (χ4n) is 12.4. The standard InChI is InChI=1S/C63H63NO16/c1-36-45(77-59(73)52(69)50(40-19-11-7-12-20-40)64-57(71)43-23-15-9-16-24-43)34-63(74)56(79-58(72)44-25-17-10-18-26-44)54-61(6,55(70)53(76-37(2)65)49(36)60(63,4)5)46(33-47-62(54,35-75-47)80-38(3)66)78-48(67)32-29-39-27-30-42(31-28-39)51(68)41-21-13-8-14-22-41/h7-28,30-31,45-47,50,52-54,56,69,74H,29,32-35H2,1-6H3,(H,64,71)/t45-,46-,47+,50-,52+,53+,54?,56?,61+,62-,63+/m0/s1. The van der Waals surface area contributed by atoms with Gasteiger partial charge in [-0.25, -0.2) is 9.59 Å². The molecule has 3 N–H and O–H groups in total. The lowest BCUT2D eigenvalue weighted by Crippen LogP contribution is -2.82. The zero-order valence-electron chi connectivity index (χ0n) is 45.1. The van der Waals surface area contributed by atoms with Gasteiger partial charge >= 0.3 is 29.8 Å². The van der Waals surface area contributed by atoms with Gasteiger partial charge in [0.05, 0.1) is 29.5 Å². The molecule has 0 spiro atoms. The van der Waals surface area contributed by atoms with Crippen molar-refractivity contribution >= 4 is 47.3 Å². The van der Waals surface area contributed by atoms with E-state index >= 15 is 4.79 Å². The molecule has 17 heteroatoms. The SMILES string of the molecule is CC(=O)O[C@H]1C(=O)[C@@]2(C)C(C(OC(=O)c3ccccc3)[C@]3(O)C[C@H](OC(=O)[C@H](O)[C@@H](NC(=O)c4ccccc4)c4ccccc4)C(C)=C1C3(C)C)[C@]1(OC(C)=O)CO[C@@H]1C[C@@H]2OC(=O)CCc1ccc(C(=O)c2ccccc2)cc1. The van der Waals surface area contributed by atoms with Crippen molar-refractivity contribution in [2.75, 3.05) is 6.61 Å². The van der Waals surface area contributed by atoms with Crippen LogP contribution in [0.3, 0.4) is 0 Å². The van der Waals surface area contributed by atoms with Gasteiger partial charge < -0.3 is 44.0 Å². The van der Waals surface area contributed by atoms with Gasteiger partial charge in [-0.3, -0.25) is 28.8 Å². The lowest BCUT2D eigenvalue weighted by molar-refractivity contribution is -0.346. The van der Waals surface area contributed by atoms with E-state index in [9.17, 15) is 43.8 Å². The maximum Gasteiger partial charge on any atom is 0.338 e. The number of amides is 1. The molecule has 1 amide bonds. The van der Waals surface area contributed by atoms with Crippen molar-refractivity contribution in [2.45, 2.75) is 121 Å². The molecule has 1 heterocycles. The molecule has 2 unspecified atom stereocenters. The van der Waals surface area contributed by atoms with E-state index in [1.807, 2.05) is 6.07 Å². The average Bonchev–Trinajstić information content (AvgIpc) is 2.52. The molecule has 2 saturated carbocycles. The molecule has 4 aliphatic rings. The second-order valence-corrected chi connectivity index (χ2v) is 21.7. The number of ketones is 2. The Bertz CT molecular complexity index is 3220. The first-order valence-corrected chi connectivity index (χ1v) is 26.5. The Kier molecular flexibility index (Phi) is 16.0. The largest absolute Gasteiger partial charge is 0.461 e. The summed E-state index contributed by atoms with van der Waals surface area (Å²) in [5.74, 6) is -8.14. The number of hydrogen-bond donors (Lipinski definition) is 3. The van der Waals surface area contributed by atoms with Crippen LogP contribution in [0.15, 0.2) is 157 Å². The number of carbonyl (C=O) groups is 8. The summed E-state index contributed by atoms with van der Waals surface area (Å²) < 4.78 is 37.7. The number of hydrogen-bond acceptors (Lipinski definition) is 16. The third-order valence-electron chi connectivity index (χ3n) is 16.6. The predicted octanol–water partition coefficient (Wildman–Crippen LogP) is 7.15. The number of Topliss-reactive ketones (excluding diaryl/α,β-unsaturated/α-hetero) is 1. The highest BCUT2D eigenvalue weighted by molar-refractivity contribution is 6.09. The van der Waals surface area contributed by atoms with Crippen molar-refractivity contribution in [3.63, 3.8) is 0 Å². The molecule has 5 aromatic carbocycles. The smallest absolute Gasteiger partial charge is 0.338 e. The highest BCUT2D eigenvalue weighted by atomic mass is 16.6. The Morgan fingerprint density at radius 2 is 1.26 bits per heavy atom. The number of carbonyl (C=O) groups excluding carboxylic acids is 8. The second-order valence-electron chi connectivity index (χ2n) is 21.7. The van der Waals surface area contributed by atoms with E-state index in [-0.39, 0.29) is 53.9 Å². The molecule has 1 aliphatic heterocycles. The molecule has 9 rings (SSSR count). The van der Waals surface area contributed by atoms with Crippen LogP contribution in [0.2, 0.25) is 0 Å². The summed E-state index contributed by atoms with van der Waals surface area (Å²) in [5, 5.41) is 28.9. The van der Waals surface area contributed by atoms with Gasteiger partial charge in [-0.1, -0.05) is 135 Å². The van der Waals surface area contributed by atoms with Gasteiger partial charge in [0.2, 0.25) is 0 Å². The third kappa shape index (κ3) is 10.5. The number of benzene rings is 5. The molecule has 0 radical (unpaired) electrons. The lowest BCUT2D eigenvalue weighted by Gasteiger charge is -2.67. The summed E-state index contributed by atoms with van der Waals surface area (Å²) in [6.07, 6.45) is -11.1. The molecule has 416 valence electrons. The van der Waals surface area contributed by atoms with Gasteiger partial charge in [0, 0.05) is 55.2 Å². The maximum atomic E-state index is 16.4. The first-order valence-electron chi connectivity index (χ1n) is 26.5. The Balaban J connectivity index is 1.14. The van der Waals surface area contributed by atoms with E-state index in [4.69, 9.17) is 28.4 Å². The van der Waals surface area contributed by atoms with Crippen LogP contribution in [-0.4, -0.2) is 112 Å². The highest BCUT2D eigenvalue weighted by Crippen LogP contribution is 2.65. The van der Waals surface area contributed by atoms with Crippen LogP contribution in [0.25, 0.3) is 0 Å². The summed E-state index contributed by atoms with van der Waals surface area (Å²) in [6.45, 7) is 7.90. The van der Waals surface area contributed by atoms with E-state index in [0.717, 1.165) is 13.8 Å². The Morgan fingerprint density at radius 3 is 1.82 bits per heavy atom. The van der Waals surface area contributed by atoms with Crippen molar-refractivity contribution in [2.24, 2.45) is 16.7 Å². The molecule has 5 aromatic rings. The molecule has 17 nitrogen and oxygen atoms in total. The number of nitrogens with one attached hydrogen (secondary N) is 1. The van der Waals surface area contributed by atoms with Crippen LogP contribution in [-0.2, 0) is 58.8 Å². The Labute approximate surface area is 462 Å². The van der Waals surface area contributed by atoms with Crippen molar-refractivity contribution in [3.8, 4) is 0 Å². The zero-order chi connectivity index (χ0) is 57.3. The Morgan fingerprint density at radius 1 is 0.700 bits per heavy atom. The number of esters is 5. The van der Waals surface area contributed by atoms with Crippen molar-refractivity contribution in [1.82, 2.24) is 5.32 Å². The van der Waals surface area contributed by atoms with Crippen molar-refractivity contribution in [1.29, 1.82) is 0 Å². The molecule has 3 aliphatic carbocycles. The van der Waals surface area contributed by atoms with E-state index in [0.29, 0.717) is 22.3 Å². The lowest BCUT2D eigenvalue weighted by atomic mass is 9.44. The van der Waals surface area contributed by atoms with Crippen molar-refractivity contribution < 1.29 is 77.0 Å². The number of aliphatic hydroxyl groups is 2. The molecule has 11 atom stereocenters. The normalized spacial score (nSPS) is 27.1. The van der Waals surface area contributed by atoms with Crippen LogP contribution in [0.5, 0.6) is 0 Å². The summed E-state index contributed by atoms with van der Waals surface area (Å²) in [4.78, 5) is 114. The first kappa shape index (κ1) is 56.6. The zero-order valence-corrected chi connectivity index (χ0v) is 45.1. The van der Waals surface area contributed by atoms with E-state index in [1.54, 1.807) is 141 Å². The predicted molar refractivity (Wildman–Crippen MR) is 286 cm³/mol. The minimum Gasteiger partial charge on any atom is -0.461 e. The summed E-state index contributed by atoms with van der Waals surface area (Å²) in [5.41, 5.74) is -6.00. The van der Waals surface area contributed by atoms with E-state index < -0.39 is 119 Å². The van der Waals surface area contributed by atoms with Crippen LogP contribution in [0, 0.1) is 16.7 Å². The Hall–Kier alpha value is -8.12. The number of aliphatic hydroxyl groups excluding tert-OH is 1. The third-order valence-corrected chi connectivity index (χ3v) is 16.6. The second kappa shape index (κ2) is 22.6. The maximum absolute atomic E-state index is 16.4. The van der Waals surface area contributed by atoms with Crippen molar-refractivity contribution in [3.05, 3.63) is 190 Å². The molecule has 0 aromatic heterocycles. The van der Waals surface area contributed by atoms with Gasteiger partial charge in [-0.15, -0.1) is 0 Å². The van der Waals surface area contributed by atoms with Gasteiger partial charge in [-0.2, -0.15) is 0 Å². The van der Waals surface area contributed by atoms with Gasteiger partial charge in [-0.05, 0) is 66.8 Å². The highest BCUT2D eigenvalue weighted by Gasteiger charge is 2.79. The molecular formula is C63H63NO16. The van der Waals surface area contributed by atoms with Crippen LogP contribution >= 0.6 is 0 Å². The monoisotopic (exact) mass is 1090 g/mol. The quantitative estimate of drug-likeness (QED) is 0.0384. The van der Waals surface area contributed by atoms with E-state index in [2.05, 4.69) is 5.32 Å². The topological polar surface area (TPSA) is 244 Å². The van der Waals surface area contributed by atoms with Crippen LogP contribution in [0.1, 0.15) is 115 Å². The molecule has 2 bridgehead atoms. The molecule has 80 heavy (non-hydrogen) atoms. The summed E-state index contributed by atoms with van der Waals surface area (Å²) in [7, 11) is 0. The van der Waals surface area contributed by atoms with Crippen LogP contribution < -0.4 is 5.32 Å². The minimum atomic E-state index is -2.50. The number of aryl methyl sites for hydroxylation is 1. The number of ether oxygens (including phenoxy) is 6. The summed E-state index contributed by atoms with van der Waals surface area (Å²) in [6, 6.07) is 38.3. The molecule has 3 fully saturated rings. The van der Waals surface area contributed by atoms with Gasteiger partial charge in [0.15, 0.2) is 29.4 Å². The summed E-state index contributed by atoms with van der Waals surface area (Å²) >= 11 is 0. The van der Waals surface area contributed by atoms with Crippen LogP contribution in [0.4, 0.5) is 0 Å². The van der Waals surface area contributed by atoms with Gasteiger partial charge in [0.1, 0.15) is 30.0 Å².